The SMILES string of the molecule is O=[N+]([O-])c1ccc2c(c1)c1ccccc1n2CC(O)CN1CCCCCC1. The quantitative estimate of drug-likeness (QED) is 0.548. The highest BCUT2D eigenvalue weighted by molar-refractivity contribution is 6.08. The number of β-amino-alcohol motifs (C(OH)–C–C–N with tert-alkyl or cyclic N) is 1. The number of aromatic nitrogens is 1. The smallest absolute Gasteiger partial charge is 0.270 e. The van der Waals surface area contributed by atoms with Crippen LogP contribution in [0.5, 0.6) is 0 Å². The number of nitro benzene ring substituents is 1. The Bertz CT molecular complexity index is 958. The summed E-state index contributed by atoms with van der Waals surface area (Å²) >= 11 is 0. The van der Waals surface area contributed by atoms with E-state index in [1.165, 1.54) is 25.7 Å². The van der Waals surface area contributed by atoms with E-state index < -0.39 is 6.10 Å². The van der Waals surface area contributed by atoms with Crippen LogP contribution >= 0.6 is 0 Å². The number of rotatable bonds is 5. The van der Waals surface area contributed by atoms with E-state index >= 15 is 0 Å². The molecule has 1 saturated heterocycles. The van der Waals surface area contributed by atoms with Gasteiger partial charge in [-0.3, -0.25) is 10.1 Å². The first-order valence-electron chi connectivity index (χ1n) is 9.69. The lowest BCUT2D eigenvalue weighted by molar-refractivity contribution is -0.384. The molecule has 0 aliphatic carbocycles. The number of aliphatic hydroxyl groups excluding tert-OH is 1. The molecule has 1 aromatic heterocycles. The topological polar surface area (TPSA) is 71.5 Å². The van der Waals surface area contributed by atoms with Crippen LogP contribution in [0.15, 0.2) is 42.5 Å². The molecule has 0 saturated carbocycles. The molecule has 1 aliphatic heterocycles. The van der Waals surface area contributed by atoms with Crippen LogP contribution in [0.25, 0.3) is 21.8 Å². The van der Waals surface area contributed by atoms with E-state index in [4.69, 9.17) is 0 Å². The van der Waals surface area contributed by atoms with Gasteiger partial charge in [-0.25, -0.2) is 0 Å². The lowest BCUT2D eigenvalue weighted by Crippen LogP contribution is -2.35. The van der Waals surface area contributed by atoms with Gasteiger partial charge in [0.2, 0.25) is 0 Å². The molecule has 0 spiro atoms. The van der Waals surface area contributed by atoms with Crippen LogP contribution in [0, 0.1) is 10.1 Å². The van der Waals surface area contributed by atoms with Gasteiger partial charge in [0.05, 0.1) is 17.6 Å². The van der Waals surface area contributed by atoms with Crippen molar-refractivity contribution in [2.24, 2.45) is 0 Å². The van der Waals surface area contributed by atoms with E-state index in [0.29, 0.717) is 13.1 Å². The maximum absolute atomic E-state index is 11.2. The van der Waals surface area contributed by atoms with Crippen molar-refractivity contribution < 1.29 is 10.0 Å². The van der Waals surface area contributed by atoms with E-state index in [1.807, 2.05) is 24.3 Å². The molecule has 142 valence electrons. The zero-order valence-electron chi connectivity index (χ0n) is 15.4. The van der Waals surface area contributed by atoms with E-state index in [9.17, 15) is 15.2 Å². The third-order valence-corrected chi connectivity index (χ3v) is 5.53. The second-order valence-electron chi connectivity index (χ2n) is 7.45. The summed E-state index contributed by atoms with van der Waals surface area (Å²) in [5.74, 6) is 0. The normalized spacial score (nSPS) is 17.2. The van der Waals surface area contributed by atoms with Gasteiger partial charge in [-0.1, -0.05) is 31.0 Å². The molecule has 1 fully saturated rings. The number of benzene rings is 2. The summed E-state index contributed by atoms with van der Waals surface area (Å²) < 4.78 is 2.09. The number of nitro groups is 1. The van der Waals surface area contributed by atoms with Crippen LogP contribution in [0.2, 0.25) is 0 Å². The van der Waals surface area contributed by atoms with Crippen LogP contribution in [-0.4, -0.2) is 45.2 Å². The van der Waals surface area contributed by atoms with E-state index in [2.05, 4.69) is 9.47 Å². The lowest BCUT2D eigenvalue weighted by atomic mass is 10.1. The predicted molar refractivity (Wildman–Crippen MR) is 107 cm³/mol. The molecule has 1 atom stereocenters. The largest absolute Gasteiger partial charge is 0.390 e. The van der Waals surface area contributed by atoms with Crippen molar-refractivity contribution in [3.05, 3.63) is 52.6 Å². The van der Waals surface area contributed by atoms with Crippen molar-refractivity contribution in [1.29, 1.82) is 0 Å². The average molecular weight is 367 g/mol. The van der Waals surface area contributed by atoms with Gasteiger partial charge in [-0.15, -0.1) is 0 Å². The standard InChI is InChI=1S/C21H25N3O3/c25-17(14-22-11-5-1-2-6-12-22)15-23-20-8-4-3-7-18(20)19-13-16(24(26)27)9-10-21(19)23/h3-4,7-10,13,17,25H,1-2,5-6,11-12,14-15H2. The summed E-state index contributed by atoms with van der Waals surface area (Å²) in [6.45, 7) is 3.26. The second-order valence-corrected chi connectivity index (χ2v) is 7.45. The Labute approximate surface area is 158 Å². The Morgan fingerprint density at radius 1 is 0.963 bits per heavy atom. The van der Waals surface area contributed by atoms with E-state index in [1.54, 1.807) is 18.2 Å². The van der Waals surface area contributed by atoms with Crippen molar-refractivity contribution in [2.45, 2.75) is 38.3 Å². The minimum atomic E-state index is -0.475. The molecule has 1 aliphatic rings. The molecule has 3 aromatic rings. The van der Waals surface area contributed by atoms with Gasteiger partial charge in [0.1, 0.15) is 0 Å². The third kappa shape index (κ3) is 3.68. The predicted octanol–water partition coefficient (Wildman–Crippen LogP) is 3.94. The molecular weight excluding hydrogens is 342 g/mol. The molecule has 4 rings (SSSR count). The molecule has 0 radical (unpaired) electrons. The lowest BCUT2D eigenvalue weighted by Gasteiger charge is -2.24. The van der Waals surface area contributed by atoms with Crippen LogP contribution in [0.4, 0.5) is 5.69 Å². The Morgan fingerprint density at radius 3 is 2.41 bits per heavy atom. The number of likely N-dealkylation sites (tertiary alicyclic amines) is 1. The van der Waals surface area contributed by atoms with Gasteiger partial charge >= 0.3 is 0 Å². The van der Waals surface area contributed by atoms with Crippen molar-refractivity contribution in [2.75, 3.05) is 19.6 Å². The summed E-state index contributed by atoms with van der Waals surface area (Å²) in [5, 5.41) is 23.8. The van der Waals surface area contributed by atoms with Crippen LogP contribution in [-0.2, 0) is 6.54 Å². The molecular formula is C21H25N3O3. The fraction of sp³-hybridized carbons (Fsp3) is 0.429. The minimum Gasteiger partial charge on any atom is -0.390 e. The summed E-state index contributed by atoms with van der Waals surface area (Å²) in [4.78, 5) is 13.2. The molecule has 1 unspecified atom stereocenters. The van der Waals surface area contributed by atoms with Crippen molar-refractivity contribution >= 4 is 27.5 Å². The van der Waals surface area contributed by atoms with Crippen molar-refractivity contribution in [3.8, 4) is 0 Å². The van der Waals surface area contributed by atoms with Crippen molar-refractivity contribution in [1.82, 2.24) is 9.47 Å². The van der Waals surface area contributed by atoms with E-state index in [-0.39, 0.29) is 10.6 Å². The Hall–Kier alpha value is -2.44. The summed E-state index contributed by atoms with van der Waals surface area (Å²) in [6, 6.07) is 12.9. The van der Waals surface area contributed by atoms with Gasteiger partial charge in [0.15, 0.2) is 0 Å². The number of nitrogens with zero attached hydrogens (tertiary/aromatic N) is 3. The monoisotopic (exact) mass is 367 g/mol. The van der Waals surface area contributed by atoms with Gasteiger partial charge in [-0.05, 0) is 38.1 Å². The summed E-state index contributed by atoms with van der Waals surface area (Å²) in [5.41, 5.74) is 2.02. The third-order valence-electron chi connectivity index (χ3n) is 5.53. The highest BCUT2D eigenvalue weighted by Gasteiger charge is 2.18. The molecule has 2 heterocycles. The molecule has 0 bridgehead atoms. The van der Waals surface area contributed by atoms with Crippen LogP contribution in [0.3, 0.4) is 0 Å². The number of para-hydroxylation sites is 1. The van der Waals surface area contributed by atoms with Gasteiger partial charge in [-0.2, -0.15) is 0 Å². The molecule has 0 amide bonds. The highest BCUT2D eigenvalue weighted by atomic mass is 16.6. The van der Waals surface area contributed by atoms with Crippen LogP contribution < -0.4 is 0 Å². The molecule has 2 aromatic carbocycles. The van der Waals surface area contributed by atoms with E-state index in [0.717, 1.165) is 34.9 Å². The van der Waals surface area contributed by atoms with Crippen molar-refractivity contribution in [3.63, 3.8) is 0 Å². The van der Waals surface area contributed by atoms with Gasteiger partial charge in [0.25, 0.3) is 5.69 Å². The van der Waals surface area contributed by atoms with Crippen LogP contribution in [0.1, 0.15) is 25.7 Å². The Morgan fingerprint density at radius 2 is 1.67 bits per heavy atom. The Balaban J connectivity index is 1.66. The Kier molecular flexibility index (Phi) is 5.09. The number of non-ortho nitro benzene ring substituents is 1. The van der Waals surface area contributed by atoms with Gasteiger partial charge < -0.3 is 14.6 Å². The fourth-order valence-electron chi connectivity index (χ4n) is 4.24. The molecule has 1 N–H and O–H groups in total. The minimum absolute atomic E-state index is 0.0931. The molecule has 6 nitrogen and oxygen atoms in total. The molecule has 6 heteroatoms. The molecule has 27 heavy (non-hydrogen) atoms. The zero-order valence-corrected chi connectivity index (χ0v) is 15.4. The first-order chi connectivity index (χ1) is 13.1. The first kappa shape index (κ1) is 17.9. The second kappa shape index (κ2) is 7.66. The summed E-state index contributed by atoms with van der Waals surface area (Å²) in [6.07, 6.45) is 4.48. The number of hydrogen-bond donors (Lipinski definition) is 1. The number of hydrogen-bond acceptors (Lipinski definition) is 4. The van der Waals surface area contributed by atoms with Gasteiger partial charge in [0, 0.05) is 40.5 Å². The average Bonchev–Trinajstić information content (AvgIpc) is 2.81. The number of aliphatic hydroxyl groups is 1. The maximum Gasteiger partial charge on any atom is 0.270 e. The maximum atomic E-state index is 11.2. The summed E-state index contributed by atoms with van der Waals surface area (Å²) in [7, 11) is 0. The first-order valence-corrected chi connectivity index (χ1v) is 9.69. The fourth-order valence-corrected chi connectivity index (χ4v) is 4.24. The number of fused-ring (bicyclic) bond motifs is 3. The highest BCUT2D eigenvalue weighted by Crippen LogP contribution is 2.31. The zero-order chi connectivity index (χ0) is 18.8.